The minimum absolute atomic E-state index is 0.309. The molecule has 1 aliphatic rings. The van der Waals surface area contributed by atoms with Crippen LogP contribution in [0.5, 0.6) is 5.75 Å². The predicted octanol–water partition coefficient (Wildman–Crippen LogP) is 2.32. The van der Waals surface area contributed by atoms with Crippen molar-refractivity contribution < 1.29 is 14.6 Å². The zero-order valence-electron chi connectivity index (χ0n) is 15.9. The molecule has 0 spiro atoms. The monoisotopic (exact) mass is 363 g/mol. The van der Waals surface area contributed by atoms with Crippen molar-refractivity contribution in [3.05, 3.63) is 29.8 Å². The van der Waals surface area contributed by atoms with E-state index in [1.807, 2.05) is 12.1 Å². The van der Waals surface area contributed by atoms with Crippen molar-refractivity contribution in [2.45, 2.75) is 32.6 Å². The third-order valence-corrected chi connectivity index (χ3v) is 4.37. The van der Waals surface area contributed by atoms with Crippen LogP contribution in [0, 0.1) is 5.92 Å². The second kappa shape index (κ2) is 12.5. The second-order valence-electron chi connectivity index (χ2n) is 6.59. The van der Waals surface area contributed by atoms with Gasteiger partial charge in [-0.15, -0.1) is 0 Å². The lowest BCUT2D eigenvalue weighted by molar-refractivity contribution is 0.0205. The zero-order chi connectivity index (χ0) is 18.5. The standard InChI is InChI=1S/C20H33N3O3/c1-2-21-20(23-11-7-17-5-3-6-19(24)15-17)22-10-4-12-26-16-18-8-13-25-14-9-18/h3,5-6,15,18,24H,2,4,7-14,16H2,1H3,(H2,21,22,23). The molecule has 6 nitrogen and oxygen atoms in total. The summed E-state index contributed by atoms with van der Waals surface area (Å²) >= 11 is 0. The van der Waals surface area contributed by atoms with E-state index in [9.17, 15) is 5.11 Å². The van der Waals surface area contributed by atoms with Crippen molar-refractivity contribution in [3.63, 3.8) is 0 Å². The van der Waals surface area contributed by atoms with Gasteiger partial charge in [0, 0.05) is 46.1 Å². The molecule has 1 aliphatic heterocycles. The Labute approximate surface area is 157 Å². The molecule has 0 bridgehead atoms. The van der Waals surface area contributed by atoms with Gasteiger partial charge in [0.15, 0.2) is 5.96 Å². The molecule has 0 aliphatic carbocycles. The van der Waals surface area contributed by atoms with E-state index in [-0.39, 0.29) is 0 Å². The number of nitrogens with zero attached hydrogens (tertiary/aromatic N) is 1. The summed E-state index contributed by atoms with van der Waals surface area (Å²) in [6, 6.07) is 7.36. The van der Waals surface area contributed by atoms with E-state index in [1.165, 1.54) is 0 Å². The number of phenolic OH excluding ortho intramolecular Hbond substituents is 1. The highest BCUT2D eigenvalue weighted by Crippen LogP contribution is 2.14. The Morgan fingerprint density at radius 2 is 2.15 bits per heavy atom. The molecule has 0 amide bonds. The Bertz CT molecular complexity index is 531. The number of benzene rings is 1. The summed E-state index contributed by atoms with van der Waals surface area (Å²) in [7, 11) is 0. The fourth-order valence-corrected chi connectivity index (χ4v) is 2.90. The van der Waals surface area contributed by atoms with E-state index in [0.717, 1.165) is 83.3 Å². The first-order valence-corrected chi connectivity index (χ1v) is 9.73. The first-order chi connectivity index (χ1) is 12.8. The molecule has 1 fully saturated rings. The average molecular weight is 364 g/mol. The number of guanidine groups is 1. The molecule has 6 heteroatoms. The minimum Gasteiger partial charge on any atom is -0.508 e. The molecule has 0 aromatic heterocycles. The number of aliphatic imine (C=N–C) groups is 1. The lowest BCUT2D eigenvalue weighted by atomic mass is 10.0. The van der Waals surface area contributed by atoms with Crippen molar-refractivity contribution in [2.24, 2.45) is 10.9 Å². The van der Waals surface area contributed by atoms with Gasteiger partial charge in [-0.25, -0.2) is 0 Å². The zero-order valence-corrected chi connectivity index (χ0v) is 15.9. The fraction of sp³-hybridized carbons (Fsp3) is 0.650. The summed E-state index contributed by atoms with van der Waals surface area (Å²) in [6.45, 7) is 7.75. The maximum absolute atomic E-state index is 9.50. The van der Waals surface area contributed by atoms with Crippen molar-refractivity contribution in [1.29, 1.82) is 0 Å². The molecule has 0 atom stereocenters. The number of nitrogens with one attached hydrogen (secondary N) is 2. The molecule has 0 saturated carbocycles. The summed E-state index contributed by atoms with van der Waals surface area (Å²) in [5.41, 5.74) is 1.11. The number of hydrogen-bond donors (Lipinski definition) is 3. The Morgan fingerprint density at radius 3 is 2.92 bits per heavy atom. The van der Waals surface area contributed by atoms with E-state index < -0.39 is 0 Å². The third kappa shape index (κ3) is 8.54. The minimum atomic E-state index is 0.309. The first kappa shape index (κ1) is 20.5. The second-order valence-corrected chi connectivity index (χ2v) is 6.59. The summed E-state index contributed by atoms with van der Waals surface area (Å²) in [6.07, 6.45) is 4.00. The molecular weight excluding hydrogens is 330 g/mol. The van der Waals surface area contributed by atoms with Gasteiger partial charge in [-0.05, 0) is 56.2 Å². The lowest BCUT2D eigenvalue weighted by Gasteiger charge is -2.21. The van der Waals surface area contributed by atoms with Crippen LogP contribution >= 0.6 is 0 Å². The number of phenols is 1. The number of hydrogen-bond acceptors (Lipinski definition) is 4. The lowest BCUT2D eigenvalue weighted by Crippen LogP contribution is -2.38. The van der Waals surface area contributed by atoms with Crippen LogP contribution in [0.1, 0.15) is 31.7 Å². The maximum Gasteiger partial charge on any atom is 0.191 e. The normalized spacial score (nSPS) is 15.8. The van der Waals surface area contributed by atoms with Crippen molar-refractivity contribution in [1.82, 2.24) is 10.6 Å². The largest absolute Gasteiger partial charge is 0.508 e. The quantitative estimate of drug-likeness (QED) is 0.338. The van der Waals surface area contributed by atoms with Crippen molar-refractivity contribution in [2.75, 3.05) is 46.1 Å². The molecule has 26 heavy (non-hydrogen) atoms. The van der Waals surface area contributed by atoms with Crippen LogP contribution in [0.4, 0.5) is 0 Å². The van der Waals surface area contributed by atoms with Gasteiger partial charge in [0.2, 0.25) is 0 Å². The van der Waals surface area contributed by atoms with Crippen LogP contribution < -0.4 is 10.6 Å². The van der Waals surface area contributed by atoms with Gasteiger partial charge in [-0.1, -0.05) is 12.1 Å². The van der Waals surface area contributed by atoms with Gasteiger partial charge in [-0.3, -0.25) is 4.99 Å². The molecule has 0 radical (unpaired) electrons. The highest BCUT2D eigenvalue weighted by Gasteiger charge is 2.13. The van der Waals surface area contributed by atoms with Gasteiger partial charge in [-0.2, -0.15) is 0 Å². The van der Waals surface area contributed by atoms with Crippen molar-refractivity contribution >= 4 is 5.96 Å². The molecule has 2 rings (SSSR count). The van der Waals surface area contributed by atoms with E-state index >= 15 is 0 Å². The third-order valence-electron chi connectivity index (χ3n) is 4.37. The summed E-state index contributed by atoms with van der Waals surface area (Å²) < 4.78 is 11.1. The molecule has 1 saturated heterocycles. The van der Waals surface area contributed by atoms with E-state index in [4.69, 9.17) is 9.47 Å². The summed E-state index contributed by atoms with van der Waals surface area (Å²) in [5, 5.41) is 16.1. The van der Waals surface area contributed by atoms with Gasteiger partial charge >= 0.3 is 0 Å². The Balaban J connectivity index is 1.59. The van der Waals surface area contributed by atoms with Crippen LogP contribution in [-0.4, -0.2) is 57.1 Å². The van der Waals surface area contributed by atoms with Crippen LogP contribution in [0.25, 0.3) is 0 Å². The summed E-state index contributed by atoms with van der Waals surface area (Å²) in [5.74, 6) is 1.80. The van der Waals surface area contributed by atoms with Crippen LogP contribution in [0.15, 0.2) is 29.3 Å². The highest BCUT2D eigenvalue weighted by atomic mass is 16.5. The first-order valence-electron chi connectivity index (χ1n) is 9.73. The predicted molar refractivity (Wildman–Crippen MR) is 105 cm³/mol. The Morgan fingerprint density at radius 1 is 1.31 bits per heavy atom. The fourth-order valence-electron chi connectivity index (χ4n) is 2.90. The molecule has 1 aromatic carbocycles. The number of ether oxygens (including phenoxy) is 2. The molecule has 146 valence electrons. The van der Waals surface area contributed by atoms with Crippen LogP contribution in [0.3, 0.4) is 0 Å². The summed E-state index contributed by atoms with van der Waals surface area (Å²) in [4.78, 5) is 4.59. The number of rotatable bonds is 10. The van der Waals surface area contributed by atoms with E-state index in [2.05, 4.69) is 22.5 Å². The molecule has 3 N–H and O–H groups in total. The Hall–Kier alpha value is -1.79. The van der Waals surface area contributed by atoms with Gasteiger partial charge in [0.05, 0.1) is 0 Å². The molecule has 0 unspecified atom stereocenters. The SMILES string of the molecule is CCNC(=NCCCOCC1CCOCC1)NCCc1cccc(O)c1. The number of aromatic hydroxyl groups is 1. The molecule has 1 aromatic rings. The van der Waals surface area contributed by atoms with Gasteiger partial charge < -0.3 is 25.2 Å². The average Bonchev–Trinajstić information content (AvgIpc) is 2.65. The van der Waals surface area contributed by atoms with Gasteiger partial charge in [0.25, 0.3) is 0 Å². The Kier molecular flexibility index (Phi) is 9.90. The van der Waals surface area contributed by atoms with Crippen LogP contribution in [0.2, 0.25) is 0 Å². The van der Waals surface area contributed by atoms with Crippen LogP contribution in [-0.2, 0) is 15.9 Å². The van der Waals surface area contributed by atoms with Gasteiger partial charge in [0.1, 0.15) is 5.75 Å². The molecular formula is C20H33N3O3. The smallest absolute Gasteiger partial charge is 0.191 e. The topological polar surface area (TPSA) is 75.1 Å². The van der Waals surface area contributed by atoms with E-state index in [1.54, 1.807) is 12.1 Å². The maximum atomic E-state index is 9.50. The highest BCUT2D eigenvalue weighted by molar-refractivity contribution is 5.79. The van der Waals surface area contributed by atoms with E-state index in [0.29, 0.717) is 11.7 Å². The van der Waals surface area contributed by atoms with Crippen molar-refractivity contribution in [3.8, 4) is 5.75 Å². The molecule has 1 heterocycles.